The maximum atomic E-state index is 13.0. The van der Waals surface area contributed by atoms with Crippen LogP contribution in [0.3, 0.4) is 0 Å². The van der Waals surface area contributed by atoms with Gasteiger partial charge in [-0.05, 0) is 43.3 Å². The number of quaternary nitrogens is 1. The summed E-state index contributed by atoms with van der Waals surface area (Å²) >= 11 is 1.66. The van der Waals surface area contributed by atoms with Crippen molar-refractivity contribution < 1.29 is 14.0 Å². The van der Waals surface area contributed by atoms with E-state index in [0.29, 0.717) is 6.61 Å². The largest absolute Gasteiger partial charge is 0.494 e. The molecule has 0 radical (unpaired) electrons. The van der Waals surface area contributed by atoms with Gasteiger partial charge >= 0.3 is 0 Å². The van der Waals surface area contributed by atoms with Gasteiger partial charge in [-0.1, -0.05) is 12.1 Å². The van der Waals surface area contributed by atoms with Crippen LogP contribution in [0.5, 0.6) is 5.75 Å². The van der Waals surface area contributed by atoms with Crippen molar-refractivity contribution in [2.45, 2.75) is 20.0 Å². The highest BCUT2D eigenvalue weighted by molar-refractivity contribution is 7.13. The average Bonchev–Trinajstić information content (AvgIpc) is 3.06. The van der Waals surface area contributed by atoms with Crippen LogP contribution in [0.4, 0.5) is 4.39 Å². The smallest absolute Gasteiger partial charge is 0.123 e. The van der Waals surface area contributed by atoms with Gasteiger partial charge in [0.25, 0.3) is 0 Å². The van der Waals surface area contributed by atoms with E-state index >= 15 is 0 Å². The quantitative estimate of drug-likeness (QED) is 0.700. The zero-order valence-electron chi connectivity index (χ0n) is 14.5. The molecule has 0 bridgehead atoms. The Bertz CT molecular complexity index is 799. The van der Waals surface area contributed by atoms with Crippen molar-refractivity contribution in [2.24, 2.45) is 0 Å². The lowest BCUT2D eigenvalue weighted by Crippen LogP contribution is -3.06. The third-order valence-electron chi connectivity index (χ3n) is 3.87. The summed E-state index contributed by atoms with van der Waals surface area (Å²) in [4.78, 5) is 6.06. The molecule has 0 fully saturated rings. The number of ether oxygens (including phenoxy) is 1. The summed E-state index contributed by atoms with van der Waals surface area (Å²) in [7, 11) is 2.12. The molecule has 1 aromatic heterocycles. The topological polar surface area (TPSA) is 26.6 Å². The van der Waals surface area contributed by atoms with E-state index < -0.39 is 0 Å². The molecule has 3 aromatic rings. The number of hydrogen-bond donors (Lipinski definition) is 1. The predicted octanol–water partition coefficient (Wildman–Crippen LogP) is 3.56. The zero-order chi connectivity index (χ0) is 17.6. The highest BCUT2D eigenvalue weighted by Crippen LogP contribution is 2.25. The summed E-state index contributed by atoms with van der Waals surface area (Å²) < 4.78 is 18.5. The minimum absolute atomic E-state index is 0.194. The van der Waals surface area contributed by atoms with Gasteiger partial charge in [0.1, 0.15) is 35.4 Å². The Balaban J connectivity index is 1.61. The predicted molar refractivity (Wildman–Crippen MR) is 99.4 cm³/mol. The fourth-order valence-corrected chi connectivity index (χ4v) is 3.53. The number of aromatic nitrogens is 1. The van der Waals surface area contributed by atoms with E-state index in [1.165, 1.54) is 17.0 Å². The number of nitrogens with one attached hydrogen (secondary N) is 1. The first-order valence-corrected chi connectivity index (χ1v) is 9.25. The van der Waals surface area contributed by atoms with Crippen molar-refractivity contribution >= 4 is 11.3 Å². The molecule has 3 nitrogen and oxygen atoms in total. The second-order valence-electron chi connectivity index (χ2n) is 6.04. The van der Waals surface area contributed by atoms with Crippen LogP contribution < -0.4 is 9.64 Å². The molecular weight excluding hydrogens is 335 g/mol. The van der Waals surface area contributed by atoms with Crippen LogP contribution in [-0.4, -0.2) is 18.6 Å². The fraction of sp³-hybridized carbons (Fsp3) is 0.250. The summed E-state index contributed by atoms with van der Waals surface area (Å²) in [5, 5.41) is 3.13. The van der Waals surface area contributed by atoms with Crippen LogP contribution in [0, 0.1) is 5.82 Å². The van der Waals surface area contributed by atoms with E-state index in [-0.39, 0.29) is 5.82 Å². The van der Waals surface area contributed by atoms with Crippen LogP contribution in [-0.2, 0) is 13.1 Å². The molecule has 0 aliphatic rings. The van der Waals surface area contributed by atoms with Crippen LogP contribution >= 0.6 is 11.3 Å². The van der Waals surface area contributed by atoms with Gasteiger partial charge in [0.2, 0.25) is 0 Å². The van der Waals surface area contributed by atoms with Crippen LogP contribution in [0.15, 0.2) is 53.9 Å². The van der Waals surface area contributed by atoms with Gasteiger partial charge < -0.3 is 9.64 Å². The van der Waals surface area contributed by atoms with Crippen molar-refractivity contribution in [2.75, 3.05) is 13.7 Å². The first-order chi connectivity index (χ1) is 12.1. The summed E-state index contributed by atoms with van der Waals surface area (Å²) in [5.74, 6) is 0.687. The molecule has 130 valence electrons. The van der Waals surface area contributed by atoms with E-state index in [4.69, 9.17) is 9.72 Å². The van der Waals surface area contributed by atoms with Crippen molar-refractivity contribution in [3.8, 4) is 16.3 Å². The molecular formula is C20H22FN2OS+. The highest BCUT2D eigenvalue weighted by atomic mass is 32.1. The first kappa shape index (κ1) is 17.6. The molecule has 1 N–H and O–H groups in total. The SMILES string of the molecule is CCOc1ccc(-c2nc(C[NH+](C)Cc3ccc(F)cc3)cs2)cc1. The maximum absolute atomic E-state index is 13.0. The minimum atomic E-state index is -0.194. The normalized spacial score (nSPS) is 12.1. The maximum Gasteiger partial charge on any atom is 0.123 e. The molecule has 1 atom stereocenters. The highest BCUT2D eigenvalue weighted by Gasteiger charge is 2.10. The molecule has 0 saturated heterocycles. The molecule has 5 heteroatoms. The van der Waals surface area contributed by atoms with Gasteiger partial charge in [-0.2, -0.15) is 0 Å². The Hall–Kier alpha value is -2.24. The number of nitrogens with zero attached hydrogens (tertiary/aromatic N) is 1. The second-order valence-corrected chi connectivity index (χ2v) is 6.90. The summed E-state index contributed by atoms with van der Waals surface area (Å²) in [6, 6.07) is 14.7. The molecule has 1 heterocycles. The molecule has 0 spiro atoms. The third-order valence-corrected chi connectivity index (χ3v) is 4.81. The van der Waals surface area contributed by atoms with E-state index in [2.05, 4.69) is 12.4 Å². The molecule has 0 aliphatic heterocycles. The molecule has 3 rings (SSSR count). The molecule has 25 heavy (non-hydrogen) atoms. The molecule has 0 amide bonds. The van der Waals surface area contributed by atoms with Crippen LogP contribution in [0.2, 0.25) is 0 Å². The number of rotatable bonds is 7. The van der Waals surface area contributed by atoms with Crippen LogP contribution in [0.25, 0.3) is 10.6 Å². The third kappa shape index (κ3) is 4.87. The Labute approximate surface area is 151 Å². The van der Waals surface area contributed by atoms with Crippen molar-refractivity contribution in [1.29, 1.82) is 0 Å². The van der Waals surface area contributed by atoms with Gasteiger partial charge in [-0.3, -0.25) is 0 Å². The standard InChI is InChI=1S/C20H21FN2OS/c1-3-24-19-10-6-16(7-11-19)20-22-18(14-25-20)13-23(2)12-15-4-8-17(21)9-5-15/h4-11,14H,3,12-13H2,1-2H3/p+1. The zero-order valence-corrected chi connectivity index (χ0v) is 15.3. The summed E-state index contributed by atoms with van der Waals surface area (Å²) in [6.45, 7) is 4.33. The lowest BCUT2D eigenvalue weighted by Gasteiger charge is -2.12. The first-order valence-electron chi connectivity index (χ1n) is 8.37. The van der Waals surface area contributed by atoms with E-state index in [9.17, 15) is 4.39 Å². The van der Waals surface area contributed by atoms with E-state index in [1.807, 2.05) is 43.3 Å². The number of hydrogen-bond acceptors (Lipinski definition) is 3. The number of halogens is 1. The Morgan fingerprint density at radius 3 is 2.44 bits per heavy atom. The van der Waals surface area contributed by atoms with Crippen molar-refractivity contribution in [1.82, 2.24) is 4.98 Å². The van der Waals surface area contributed by atoms with E-state index in [0.717, 1.165) is 40.7 Å². The number of benzene rings is 2. The van der Waals surface area contributed by atoms with Crippen molar-refractivity contribution in [3.63, 3.8) is 0 Å². The van der Waals surface area contributed by atoms with Gasteiger partial charge in [-0.25, -0.2) is 9.37 Å². The van der Waals surface area contributed by atoms with Gasteiger partial charge in [0.05, 0.1) is 13.7 Å². The Morgan fingerprint density at radius 2 is 1.76 bits per heavy atom. The second kappa shape index (κ2) is 8.23. The van der Waals surface area contributed by atoms with Gasteiger partial charge in [0, 0.05) is 16.5 Å². The number of thiazole rings is 1. The lowest BCUT2D eigenvalue weighted by atomic mass is 10.2. The Morgan fingerprint density at radius 1 is 1.04 bits per heavy atom. The average molecular weight is 357 g/mol. The Kier molecular flexibility index (Phi) is 5.79. The summed E-state index contributed by atoms with van der Waals surface area (Å²) in [5.41, 5.74) is 3.31. The van der Waals surface area contributed by atoms with E-state index in [1.54, 1.807) is 11.3 Å². The molecule has 1 unspecified atom stereocenters. The van der Waals surface area contributed by atoms with Gasteiger partial charge in [0.15, 0.2) is 0 Å². The molecule has 0 saturated carbocycles. The van der Waals surface area contributed by atoms with Crippen LogP contribution in [0.1, 0.15) is 18.2 Å². The lowest BCUT2D eigenvalue weighted by molar-refractivity contribution is -0.908. The molecule has 2 aromatic carbocycles. The molecule has 0 aliphatic carbocycles. The minimum Gasteiger partial charge on any atom is -0.494 e. The van der Waals surface area contributed by atoms with Gasteiger partial charge in [-0.15, -0.1) is 11.3 Å². The fourth-order valence-electron chi connectivity index (χ4n) is 2.70. The van der Waals surface area contributed by atoms with Crippen molar-refractivity contribution in [3.05, 3.63) is 71.0 Å². The summed E-state index contributed by atoms with van der Waals surface area (Å²) in [6.07, 6.45) is 0. The monoisotopic (exact) mass is 357 g/mol.